The Hall–Kier alpha value is -3.43. The molecule has 0 radical (unpaired) electrons. The molecular weight excluding hydrogens is 382 g/mol. The largest absolute Gasteiger partial charge is 0.508 e. The molecule has 10 nitrogen and oxygen atoms in total. The van der Waals surface area contributed by atoms with Crippen molar-refractivity contribution in [3.63, 3.8) is 0 Å². The lowest BCUT2D eigenvalue weighted by atomic mass is 10.0. The van der Waals surface area contributed by atoms with Crippen LogP contribution in [-0.2, 0) is 19.2 Å². The van der Waals surface area contributed by atoms with E-state index in [0.29, 0.717) is 6.29 Å². The van der Waals surface area contributed by atoms with Crippen molar-refractivity contribution in [2.75, 3.05) is 0 Å². The first-order chi connectivity index (χ1) is 13.5. The van der Waals surface area contributed by atoms with Crippen LogP contribution in [0.3, 0.4) is 0 Å². The molecule has 0 spiro atoms. The quantitative estimate of drug-likeness (QED) is 0.336. The number of nitrogens with one attached hydrogen (secondary N) is 3. The molecule has 0 aliphatic rings. The summed E-state index contributed by atoms with van der Waals surface area (Å²) < 4.78 is 0. The number of aliphatic carboxylic acids is 1. The number of benzene rings is 1. The molecule has 158 valence electrons. The number of phenolic OH excluding ortho intramolecular Hbond substituents is 1. The molecule has 0 bridgehead atoms. The van der Waals surface area contributed by atoms with Crippen molar-refractivity contribution in [1.29, 1.82) is 0 Å². The van der Waals surface area contributed by atoms with E-state index in [1.54, 1.807) is 13.8 Å². The number of phenols is 1. The Morgan fingerprint density at radius 2 is 1.55 bits per heavy atom. The molecule has 0 fully saturated rings. The molecule has 0 saturated heterocycles. The van der Waals surface area contributed by atoms with E-state index < -0.39 is 48.2 Å². The Bertz CT molecular complexity index is 762. The van der Waals surface area contributed by atoms with E-state index in [0.717, 1.165) is 0 Å². The molecule has 1 aromatic carbocycles. The minimum absolute atomic E-state index is 0.00364. The number of hydrogen-bond acceptors (Lipinski definition) is 6. The molecule has 0 heterocycles. The number of hydrogen-bond donors (Lipinski definition) is 5. The van der Waals surface area contributed by atoms with Crippen molar-refractivity contribution in [3.8, 4) is 5.75 Å². The fourth-order valence-electron chi connectivity index (χ4n) is 2.37. The van der Waals surface area contributed by atoms with Gasteiger partial charge in [0.2, 0.25) is 11.8 Å². The highest BCUT2D eigenvalue weighted by Gasteiger charge is 2.28. The summed E-state index contributed by atoms with van der Waals surface area (Å²) in [6.07, 6.45) is -0.275. The zero-order valence-electron chi connectivity index (χ0n) is 16.3. The maximum Gasteiger partial charge on any atom is 0.305 e. The number of rotatable bonds is 10. The summed E-state index contributed by atoms with van der Waals surface area (Å²) in [5, 5.41) is 25.2. The molecule has 0 saturated carbocycles. The van der Waals surface area contributed by atoms with Crippen molar-refractivity contribution in [2.45, 2.75) is 45.3 Å². The minimum Gasteiger partial charge on any atom is -0.508 e. The van der Waals surface area contributed by atoms with Gasteiger partial charge in [-0.05, 0) is 37.1 Å². The van der Waals surface area contributed by atoms with E-state index in [1.807, 2.05) is 0 Å². The van der Waals surface area contributed by atoms with Crippen molar-refractivity contribution in [1.82, 2.24) is 16.0 Å². The third kappa shape index (κ3) is 7.60. The highest BCUT2D eigenvalue weighted by Crippen LogP contribution is 2.11. The Morgan fingerprint density at radius 3 is 2.03 bits per heavy atom. The smallest absolute Gasteiger partial charge is 0.305 e. The van der Waals surface area contributed by atoms with Crippen LogP contribution in [0.4, 0.5) is 0 Å². The lowest BCUT2D eigenvalue weighted by Crippen LogP contribution is -2.55. The third-order valence-corrected chi connectivity index (χ3v) is 4.00. The second-order valence-electron chi connectivity index (χ2n) is 6.82. The molecule has 0 aromatic heterocycles. The Balaban J connectivity index is 2.74. The first-order valence-electron chi connectivity index (χ1n) is 8.92. The number of carboxylic acids is 1. The molecule has 3 amide bonds. The number of amides is 3. The molecular formula is C19H25N3O7. The number of carboxylic acid groups (broad SMARTS) is 1. The van der Waals surface area contributed by atoms with Crippen LogP contribution in [0.2, 0.25) is 0 Å². The highest BCUT2D eigenvalue weighted by atomic mass is 16.4. The van der Waals surface area contributed by atoms with Gasteiger partial charge < -0.3 is 31.0 Å². The second kappa shape index (κ2) is 10.8. The van der Waals surface area contributed by atoms with E-state index in [2.05, 4.69) is 16.0 Å². The molecule has 0 aliphatic heterocycles. The molecule has 10 heteroatoms. The summed E-state index contributed by atoms with van der Waals surface area (Å²) in [6, 6.07) is 2.25. The van der Waals surface area contributed by atoms with Crippen LogP contribution in [0.1, 0.15) is 37.6 Å². The van der Waals surface area contributed by atoms with E-state index in [4.69, 9.17) is 5.11 Å². The first-order valence-corrected chi connectivity index (χ1v) is 8.92. The number of aromatic hydroxyl groups is 1. The lowest BCUT2D eigenvalue weighted by Gasteiger charge is -2.24. The SMILES string of the molecule is CC(C)C(NC(=O)c1ccc(O)cc1)C(=O)N[C@@H](C)C(=O)N[C@H](C=O)CC(=O)O. The molecule has 1 rings (SSSR count). The van der Waals surface area contributed by atoms with Gasteiger partial charge in [0, 0.05) is 5.56 Å². The van der Waals surface area contributed by atoms with Crippen LogP contribution in [0.25, 0.3) is 0 Å². The van der Waals surface area contributed by atoms with Gasteiger partial charge in [-0.1, -0.05) is 13.8 Å². The van der Waals surface area contributed by atoms with Gasteiger partial charge in [-0.25, -0.2) is 0 Å². The van der Waals surface area contributed by atoms with Gasteiger partial charge in [0.1, 0.15) is 24.1 Å². The van der Waals surface area contributed by atoms with Crippen molar-refractivity contribution in [2.24, 2.45) is 5.92 Å². The molecule has 1 aromatic rings. The summed E-state index contributed by atoms with van der Waals surface area (Å²) >= 11 is 0. The number of carbonyl (C=O) groups is 5. The topological polar surface area (TPSA) is 162 Å². The third-order valence-electron chi connectivity index (χ3n) is 4.00. The van der Waals surface area contributed by atoms with Crippen LogP contribution >= 0.6 is 0 Å². The van der Waals surface area contributed by atoms with Crippen LogP contribution in [-0.4, -0.2) is 58.3 Å². The second-order valence-corrected chi connectivity index (χ2v) is 6.82. The predicted molar refractivity (Wildman–Crippen MR) is 102 cm³/mol. The Morgan fingerprint density at radius 1 is 0.966 bits per heavy atom. The summed E-state index contributed by atoms with van der Waals surface area (Å²) in [6.45, 7) is 4.79. The first kappa shape index (κ1) is 23.6. The Labute approximate surface area is 167 Å². The zero-order valence-corrected chi connectivity index (χ0v) is 16.3. The molecule has 5 N–H and O–H groups in total. The average Bonchev–Trinajstić information content (AvgIpc) is 2.64. The van der Waals surface area contributed by atoms with Crippen LogP contribution in [0.5, 0.6) is 5.75 Å². The summed E-state index contributed by atoms with van der Waals surface area (Å²) in [4.78, 5) is 58.5. The van der Waals surface area contributed by atoms with Gasteiger partial charge in [0.05, 0.1) is 12.5 Å². The zero-order chi connectivity index (χ0) is 22.1. The van der Waals surface area contributed by atoms with Crippen LogP contribution in [0.15, 0.2) is 24.3 Å². The average molecular weight is 407 g/mol. The number of aldehydes is 1. The fourth-order valence-corrected chi connectivity index (χ4v) is 2.37. The number of carbonyl (C=O) groups excluding carboxylic acids is 4. The van der Waals surface area contributed by atoms with Gasteiger partial charge in [-0.3, -0.25) is 19.2 Å². The van der Waals surface area contributed by atoms with E-state index in [9.17, 15) is 29.1 Å². The predicted octanol–water partition coefficient (Wildman–Crippen LogP) is -0.190. The van der Waals surface area contributed by atoms with Crippen molar-refractivity contribution >= 4 is 30.0 Å². The maximum absolute atomic E-state index is 12.5. The van der Waals surface area contributed by atoms with Gasteiger partial charge in [-0.15, -0.1) is 0 Å². The van der Waals surface area contributed by atoms with E-state index >= 15 is 0 Å². The fraction of sp³-hybridized carbons (Fsp3) is 0.421. The van der Waals surface area contributed by atoms with Gasteiger partial charge in [0.15, 0.2) is 0 Å². The molecule has 0 aliphatic carbocycles. The minimum atomic E-state index is -1.25. The molecule has 3 atom stereocenters. The highest BCUT2D eigenvalue weighted by molar-refractivity contribution is 5.98. The normalized spacial score (nSPS) is 13.7. The van der Waals surface area contributed by atoms with Crippen molar-refractivity contribution < 1.29 is 34.2 Å². The molecule has 29 heavy (non-hydrogen) atoms. The summed E-state index contributed by atoms with van der Waals surface area (Å²) in [5.41, 5.74) is 0.245. The Kier molecular flexibility index (Phi) is 8.78. The standard InChI is InChI=1S/C19H25N3O7/c1-10(2)16(22-18(28)12-4-6-14(24)7-5-12)19(29)20-11(3)17(27)21-13(9-23)8-15(25)26/h4-7,9-11,13,16,24H,8H2,1-3H3,(H,20,29)(H,21,27)(H,22,28)(H,25,26)/t11-,13-,16?/m0/s1. The van der Waals surface area contributed by atoms with Crippen molar-refractivity contribution in [3.05, 3.63) is 29.8 Å². The van der Waals surface area contributed by atoms with E-state index in [1.165, 1.54) is 31.2 Å². The van der Waals surface area contributed by atoms with E-state index in [-0.39, 0.29) is 17.2 Å². The summed E-state index contributed by atoms with van der Waals surface area (Å²) in [7, 11) is 0. The maximum atomic E-state index is 12.5. The lowest BCUT2D eigenvalue weighted by molar-refractivity contribution is -0.139. The van der Waals surface area contributed by atoms with Gasteiger partial charge in [-0.2, -0.15) is 0 Å². The van der Waals surface area contributed by atoms with Crippen LogP contribution < -0.4 is 16.0 Å². The molecule has 1 unspecified atom stereocenters. The van der Waals surface area contributed by atoms with Gasteiger partial charge >= 0.3 is 5.97 Å². The van der Waals surface area contributed by atoms with Crippen LogP contribution in [0, 0.1) is 5.92 Å². The van der Waals surface area contributed by atoms with Gasteiger partial charge in [0.25, 0.3) is 5.91 Å². The monoisotopic (exact) mass is 407 g/mol. The summed E-state index contributed by atoms with van der Waals surface area (Å²) in [5.74, 6) is -3.44.